The van der Waals surface area contributed by atoms with Crippen molar-refractivity contribution in [2.45, 2.75) is 25.8 Å². The van der Waals surface area contributed by atoms with Crippen LogP contribution in [0.25, 0.3) is 0 Å². The van der Waals surface area contributed by atoms with Crippen molar-refractivity contribution < 1.29 is 8.42 Å². The van der Waals surface area contributed by atoms with Crippen molar-refractivity contribution in [3.63, 3.8) is 0 Å². The van der Waals surface area contributed by atoms with E-state index in [0.717, 1.165) is 29.6 Å². The Balaban J connectivity index is 2.26. The molecule has 1 aromatic rings. The topological polar surface area (TPSA) is 64.0 Å². The predicted octanol–water partition coefficient (Wildman–Crippen LogP) is 1.66. The molecule has 108 valence electrons. The van der Waals surface area contributed by atoms with E-state index in [1.165, 1.54) is 0 Å². The second-order valence-corrected chi connectivity index (χ2v) is 8.18. The number of hydrogen-bond donors (Lipinski definition) is 1. The molecule has 1 aliphatic heterocycles. The Morgan fingerprint density at radius 2 is 2.37 bits per heavy atom. The highest BCUT2D eigenvalue weighted by atomic mass is 79.9. The summed E-state index contributed by atoms with van der Waals surface area (Å²) in [7, 11) is -0.974. The molecule has 19 heavy (non-hydrogen) atoms. The summed E-state index contributed by atoms with van der Waals surface area (Å²) in [6, 6.07) is 0.0408. The van der Waals surface area contributed by atoms with E-state index in [1.807, 2.05) is 11.7 Å². The van der Waals surface area contributed by atoms with E-state index in [2.05, 4.69) is 33.3 Å². The van der Waals surface area contributed by atoms with Crippen LogP contribution in [-0.2, 0) is 16.9 Å². The molecule has 0 aliphatic carbocycles. The molecule has 1 fully saturated rings. The fourth-order valence-corrected chi connectivity index (χ4v) is 5.08. The van der Waals surface area contributed by atoms with Crippen LogP contribution < -0.4 is 5.32 Å². The molecular formula is C12H20BrN3O2S. The van der Waals surface area contributed by atoms with Gasteiger partial charge < -0.3 is 5.32 Å². The van der Waals surface area contributed by atoms with Crippen molar-refractivity contribution in [2.24, 2.45) is 13.0 Å². The molecule has 0 amide bonds. The Morgan fingerprint density at radius 1 is 1.63 bits per heavy atom. The minimum Gasteiger partial charge on any atom is -0.308 e. The van der Waals surface area contributed by atoms with Crippen LogP contribution in [-0.4, -0.2) is 36.2 Å². The van der Waals surface area contributed by atoms with Crippen LogP contribution in [0.5, 0.6) is 0 Å². The van der Waals surface area contributed by atoms with E-state index >= 15 is 0 Å². The van der Waals surface area contributed by atoms with E-state index in [0.29, 0.717) is 5.75 Å². The maximum absolute atomic E-state index is 11.7. The smallest absolute Gasteiger partial charge is 0.150 e. The van der Waals surface area contributed by atoms with Crippen LogP contribution in [0.4, 0.5) is 0 Å². The minimum atomic E-state index is -2.87. The largest absolute Gasteiger partial charge is 0.308 e. The van der Waals surface area contributed by atoms with Crippen molar-refractivity contribution in [1.29, 1.82) is 0 Å². The molecular weight excluding hydrogens is 330 g/mol. The summed E-state index contributed by atoms with van der Waals surface area (Å²) < 4.78 is 26.2. The Hall–Kier alpha value is -0.400. The normalized spacial score (nSPS) is 23.6. The van der Waals surface area contributed by atoms with Crippen LogP contribution in [0.15, 0.2) is 10.7 Å². The van der Waals surface area contributed by atoms with Crippen molar-refractivity contribution in [2.75, 3.05) is 18.1 Å². The molecule has 0 bridgehead atoms. The van der Waals surface area contributed by atoms with Gasteiger partial charge in [0.05, 0.1) is 33.9 Å². The van der Waals surface area contributed by atoms with Crippen LogP contribution in [0.1, 0.15) is 31.5 Å². The first-order chi connectivity index (χ1) is 8.94. The summed E-state index contributed by atoms with van der Waals surface area (Å²) in [4.78, 5) is 0. The average Bonchev–Trinajstić information content (AvgIpc) is 2.86. The van der Waals surface area contributed by atoms with Crippen molar-refractivity contribution >= 4 is 25.8 Å². The molecule has 2 atom stereocenters. The van der Waals surface area contributed by atoms with Gasteiger partial charge in [0.25, 0.3) is 0 Å². The lowest BCUT2D eigenvalue weighted by atomic mass is 9.96. The first kappa shape index (κ1) is 15.0. The van der Waals surface area contributed by atoms with Crippen LogP contribution in [0, 0.1) is 5.92 Å². The maximum atomic E-state index is 11.7. The zero-order valence-electron chi connectivity index (χ0n) is 11.3. The first-order valence-corrected chi connectivity index (χ1v) is 9.17. The number of nitrogens with zero attached hydrogens (tertiary/aromatic N) is 2. The summed E-state index contributed by atoms with van der Waals surface area (Å²) in [6.45, 7) is 2.98. The van der Waals surface area contributed by atoms with Gasteiger partial charge >= 0.3 is 0 Å². The third-order valence-corrected chi connectivity index (χ3v) is 5.99. The Kier molecular flexibility index (Phi) is 4.68. The van der Waals surface area contributed by atoms with Gasteiger partial charge in [-0.2, -0.15) is 5.10 Å². The SMILES string of the molecule is CCCNC(c1c(Br)cnn1C)C1CCS(=O)(=O)C1. The molecule has 2 unspecified atom stereocenters. The predicted molar refractivity (Wildman–Crippen MR) is 78.7 cm³/mol. The third-order valence-electron chi connectivity index (χ3n) is 3.59. The summed E-state index contributed by atoms with van der Waals surface area (Å²) in [5.74, 6) is 0.701. The first-order valence-electron chi connectivity index (χ1n) is 6.56. The second-order valence-electron chi connectivity index (χ2n) is 5.10. The summed E-state index contributed by atoms with van der Waals surface area (Å²) in [5, 5.41) is 7.71. The van der Waals surface area contributed by atoms with Gasteiger partial charge in [-0.1, -0.05) is 6.92 Å². The van der Waals surface area contributed by atoms with Crippen molar-refractivity contribution in [1.82, 2.24) is 15.1 Å². The maximum Gasteiger partial charge on any atom is 0.150 e. The quantitative estimate of drug-likeness (QED) is 0.877. The van der Waals surface area contributed by atoms with Gasteiger partial charge in [-0.25, -0.2) is 8.42 Å². The van der Waals surface area contributed by atoms with Crippen molar-refractivity contribution in [3.8, 4) is 0 Å². The van der Waals surface area contributed by atoms with E-state index in [1.54, 1.807) is 6.20 Å². The van der Waals surface area contributed by atoms with Crippen LogP contribution in [0.2, 0.25) is 0 Å². The van der Waals surface area contributed by atoms with Crippen molar-refractivity contribution in [3.05, 3.63) is 16.4 Å². The van der Waals surface area contributed by atoms with E-state index in [9.17, 15) is 8.42 Å². The standard InChI is InChI=1S/C12H20BrN3O2S/c1-3-5-14-11(9-4-6-19(17,18)8-9)12-10(13)7-15-16(12)2/h7,9,11,14H,3-6,8H2,1-2H3. The number of aryl methyl sites for hydroxylation is 1. The van der Waals surface area contributed by atoms with Gasteiger partial charge in [-0.05, 0) is 41.2 Å². The molecule has 1 aliphatic rings. The molecule has 5 nitrogen and oxygen atoms in total. The van der Waals surface area contributed by atoms with Crippen LogP contribution >= 0.6 is 15.9 Å². The number of sulfone groups is 1. The molecule has 1 saturated heterocycles. The molecule has 1 aromatic heterocycles. The van der Waals surface area contributed by atoms with E-state index in [-0.39, 0.29) is 17.7 Å². The third kappa shape index (κ3) is 3.38. The molecule has 2 rings (SSSR count). The lowest BCUT2D eigenvalue weighted by molar-refractivity contribution is 0.372. The molecule has 2 heterocycles. The molecule has 0 radical (unpaired) electrons. The molecule has 0 saturated carbocycles. The molecule has 0 aromatic carbocycles. The second kappa shape index (κ2) is 5.93. The lowest BCUT2D eigenvalue weighted by Gasteiger charge is -2.24. The van der Waals surface area contributed by atoms with E-state index in [4.69, 9.17) is 0 Å². The highest BCUT2D eigenvalue weighted by Crippen LogP contribution is 2.34. The Labute approximate surface area is 122 Å². The zero-order chi connectivity index (χ0) is 14.0. The van der Waals surface area contributed by atoms with Gasteiger partial charge in [0.2, 0.25) is 0 Å². The van der Waals surface area contributed by atoms with Gasteiger partial charge in [0.15, 0.2) is 9.84 Å². The van der Waals surface area contributed by atoms with E-state index < -0.39 is 9.84 Å². The summed E-state index contributed by atoms with van der Waals surface area (Å²) in [5.41, 5.74) is 1.04. The lowest BCUT2D eigenvalue weighted by Crippen LogP contribution is -2.31. The number of aromatic nitrogens is 2. The fraction of sp³-hybridized carbons (Fsp3) is 0.750. The summed E-state index contributed by atoms with van der Waals surface area (Å²) >= 11 is 3.51. The number of hydrogen-bond acceptors (Lipinski definition) is 4. The van der Waals surface area contributed by atoms with Gasteiger partial charge in [0.1, 0.15) is 0 Å². The minimum absolute atomic E-state index is 0.0408. The summed E-state index contributed by atoms with van der Waals surface area (Å²) in [6.07, 6.45) is 3.51. The molecule has 1 N–H and O–H groups in total. The van der Waals surface area contributed by atoms with Crippen LogP contribution in [0.3, 0.4) is 0 Å². The highest BCUT2D eigenvalue weighted by Gasteiger charge is 2.36. The average molecular weight is 350 g/mol. The number of rotatable bonds is 5. The fourth-order valence-electron chi connectivity index (χ4n) is 2.64. The zero-order valence-corrected chi connectivity index (χ0v) is 13.7. The van der Waals surface area contributed by atoms with Gasteiger partial charge in [-0.15, -0.1) is 0 Å². The van der Waals surface area contributed by atoms with Gasteiger partial charge in [-0.3, -0.25) is 4.68 Å². The number of halogens is 1. The molecule has 0 spiro atoms. The Morgan fingerprint density at radius 3 is 2.84 bits per heavy atom. The Bertz CT molecular complexity index is 522. The monoisotopic (exact) mass is 349 g/mol. The number of nitrogens with one attached hydrogen (secondary N) is 1. The van der Waals surface area contributed by atoms with Gasteiger partial charge in [0, 0.05) is 7.05 Å². The molecule has 7 heteroatoms. The highest BCUT2D eigenvalue weighted by molar-refractivity contribution is 9.10.